The minimum absolute atomic E-state index is 0.000563. The maximum Gasteiger partial charge on any atom is 0.241 e. The quantitative estimate of drug-likeness (QED) is 0.805. The molecule has 2 N–H and O–H groups in total. The summed E-state index contributed by atoms with van der Waals surface area (Å²) in [7, 11) is 0. The van der Waals surface area contributed by atoms with Gasteiger partial charge in [0.05, 0.1) is 16.8 Å². The number of carbonyl (C=O) groups excluding carboxylic acids is 1. The number of carbonyl (C=O) groups is 1. The molecule has 1 atom stereocenters. The summed E-state index contributed by atoms with van der Waals surface area (Å²) in [6.45, 7) is 0.915. The zero-order valence-electron chi connectivity index (χ0n) is 8.59. The van der Waals surface area contributed by atoms with E-state index in [9.17, 15) is 4.79 Å². The lowest BCUT2D eigenvalue weighted by Crippen LogP contribution is -2.35. The van der Waals surface area contributed by atoms with Crippen molar-refractivity contribution >= 4 is 45.8 Å². The van der Waals surface area contributed by atoms with Crippen molar-refractivity contribution in [3.63, 3.8) is 0 Å². The molecule has 2 rings (SSSR count). The highest BCUT2D eigenvalue weighted by Gasteiger charge is 2.22. The molecule has 1 aromatic rings. The first-order valence-electron chi connectivity index (χ1n) is 5.16. The number of amides is 1. The summed E-state index contributed by atoms with van der Waals surface area (Å²) in [4.78, 5) is 11.8. The zero-order chi connectivity index (χ0) is 11.5. The summed E-state index contributed by atoms with van der Waals surface area (Å²) < 4.78 is 1.06. The van der Waals surface area contributed by atoms with Gasteiger partial charge in [0.2, 0.25) is 5.91 Å². The Morgan fingerprint density at radius 3 is 3.00 bits per heavy atom. The minimum Gasteiger partial charge on any atom is -0.323 e. The molecule has 0 aliphatic carbocycles. The molecule has 3 nitrogen and oxygen atoms in total. The van der Waals surface area contributed by atoms with Gasteiger partial charge < -0.3 is 10.6 Å². The van der Waals surface area contributed by atoms with Crippen LogP contribution in [0.1, 0.15) is 12.8 Å². The van der Waals surface area contributed by atoms with Gasteiger partial charge in [-0.05, 0) is 60.2 Å². The summed E-state index contributed by atoms with van der Waals surface area (Å²) >= 11 is 8.22. The normalized spacial score (nSPS) is 19.8. The number of hydrogen-bond donors (Lipinski definition) is 2. The molecule has 5 heteroatoms. The van der Waals surface area contributed by atoms with Gasteiger partial charge in [0.1, 0.15) is 0 Å². The predicted molar refractivity (Wildman–Crippen MR) is 73.8 cm³/mol. The Hall–Kier alpha value is -0.330. The van der Waals surface area contributed by atoms with Gasteiger partial charge in [-0.3, -0.25) is 4.79 Å². The predicted octanol–water partition coefficient (Wildman–Crippen LogP) is 2.64. The molecule has 0 radical (unpaired) electrons. The number of hydrogen-bond acceptors (Lipinski definition) is 2. The van der Waals surface area contributed by atoms with E-state index in [1.54, 1.807) is 0 Å². The van der Waals surface area contributed by atoms with E-state index in [0.717, 1.165) is 23.0 Å². The molecule has 0 saturated carbocycles. The second-order valence-corrected chi connectivity index (χ2v) is 5.42. The Morgan fingerprint density at radius 2 is 2.38 bits per heavy atom. The lowest BCUT2D eigenvalue weighted by molar-refractivity contribution is -0.117. The average molecular weight is 351 g/mol. The molecule has 1 fully saturated rings. The molecule has 1 aliphatic rings. The van der Waals surface area contributed by atoms with Crippen LogP contribution in [0.25, 0.3) is 0 Å². The molecule has 1 heterocycles. The SMILES string of the molecule is O=C(Nc1ccc(I)cc1Cl)[C@H]1CCCN1. The van der Waals surface area contributed by atoms with Crippen LogP contribution in [0.5, 0.6) is 0 Å². The third kappa shape index (κ3) is 2.87. The van der Waals surface area contributed by atoms with Crippen LogP contribution in [0, 0.1) is 3.57 Å². The van der Waals surface area contributed by atoms with E-state index in [4.69, 9.17) is 11.6 Å². The lowest BCUT2D eigenvalue weighted by atomic mass is 10.2. The van der Waals surface area contributed by atoms with Crippen LogP contribution >= 0.6 is 34.2 Å². The highest BCUT2D eigenvalue weighted by atomic mass is 127. The first-order valence-corrected chi connectivity index (χ1v) is 6.62. The minimum atomic E-state index is -0.0738. The van der Waals surface area contributed by atoms with E-state index < -0.39 is 0 Å². The molecule has 16 heavy (non-hydrogen) atoms. The smallest absolute Gasteiger partial charge is 0.241 e. The molecule has 1 saturated heterocycles. The first-order chi connectivity index (χ1) is 7.66. The van der Waals surface area contributed by atoms with Gasteiger partial charge >= 0.3 is 0 Å². The van der Waals surface area contributed by atoms with E-state index in [0.29, 0.717) is 10.7 Å². The molecule has 0 bridgehead atoms. The molecule has 1 amide bonds. The van der Waals surface area contributed by atoms with Crippen LogP contribution in [0.15, 0.2) is 18.2 Å². The maximum atomic E-state index is 11.8. The van der Waals surface area contributed by atoms with Gasteiger partial charge in [0, 0.05) is 3.57 Å². The van der Waals surface area contributed by atoms with Crippen LogP contribution in [-0.4, -0.2) is 18.5 Å². The molecule has 86 valence electrons. The molecule has 1 aliphatic heterocycles. The fourth-order valence-electron chi connectivity index (χ4n) is 1.72. The summed E-state index contributed by atoms with van der Waals surface area (Å²) in [6.07, 6.45) is 1.95. The van der Waals surface area contributed by atoms with Crippen LogP contribution < -0.4 is 10.6 Å². The van der Waals surface area contributed by atoms with Gasteiger partial charge in [-0.2, -0.15) is 0 Å². The molecular formula is C11H12ClIN2O. The van der Waals surface area contributed by atoms with E-state index in [1.807, 2.05) is 18.2 Å². The molecular weight excluding hydrogens is 338 g/mol. The van der Waals surface area contributed by atoms with Crippen LogP contribution in [0.4, 0.5) is 5.69 Å². The van der Waals surface area contributed by atoms with Gasteiger partial charge in [-0.15, -0.1) is 0 Å². The Morgan fingerprint density at radius 1 is 1.56 bits per heavy atom. The van der Waals surface area contributed by atoms with Crippen molar-refractivity contribution in [1.29, 1.82) is 0 Å². The Bertz CT molecular complexity index is 405. The highest BCUT2D eigenvalue weighted by Crippen LogP contribution is 2.24. The summed E-state index contributed by atoms with van der Waals surface area (Å²) in [5.41, 5.74) is 0.681. The van der Waals surface area contributed by atoms with Gasteiger partial charge in [0.15, 0.2) is 0 Å². The number of nitrogens with one attached hydrogen (secondary N) is 2. The second kappa shape index (κ2) is 5.33. The highest BCUT2D eigenvalue weighted by molar-refractivity contribution is 14.1. The van der Waals surface area contributed by atoms with E-state index >= 15 is 0 Å². The molecule has 1 aromatic carbocycles. The van der Waals surface area contributed by atoms with E-state index in [1.165, 1.54) is 0 Å². The van der Waals surface area contributed by atoms with Crippen molar-refractivity contribution in [1.82, 2.24) is 5.32 Å². The standard InChI is InChI=1S/C11H12ClIN2O/c12-8-6-7(13)3-4-9(8)15-11(16)10-2-1-5-14-10/h3-4,6,10,14H,1-2,5H2,(H,15,16)/t10-/m1/s1. The Kier molecular flexibility index (Phi) is 4.05. The second-order valence-electron chi connectivity index (χ2n) is 3.76. The fraction of sp³-hybridized carbons (Fsp3) is 0.364. The summed E-state index contributed by atoms with van der Waals surface area (Å²) in [5, 5.41) is 6.58. The zero-order valence-corrected chi connectivity index (χ0v) is 11.5. The third-order valence-corrected chi connectivity index (χ3v) is 3.55. The monoisotopic (exact) mass is 350 g/mol. The topological polar surface area (TPSA) is 41.1 Å². The van der Waals surface area contributed by atoms with E-state index in [2.05, 4.69) is 33.2 Å². The molecule has 0 unspecified atom stereocenters. The number of rotatable bonds is 2. The summed E-state index contributed by atoms with van der Waals surface area (Å²) in [6, 6.07) is 5.51. The van der Waals surface area contributed by atoms with Crippen molar-refractivity contribution in [3.05, 3.63) is 26.8 Å². The van der Waals surface area contributed by atoms with Gasteiger partial charge in [-0.25, -0.2) is 0 Å². The van der Waals surface area contributed by atoms with Gasteiger partial charge in [0.25, 0.3) is 0 Å². The van der Waals surface area contributed by atoms with Crippen molar-refractivity contribution in [3.8, 4) is 0 Å². The van der Waals surface area contributed by atoms with Crippen molar-refractivity contribution in [2.24, 2.45) is 0 Å². The first kappa shape index (κ1) is 12.1. The average Bonchev–Trinajstić information content (AvgIpc) is 2.75. The van der Waals surface area contributed by atoms with E-state index in [-0.39, 0.29) is 11.9 Å². The van der Waals surface area contributed by atoms with Crippen molar-refractivity contribution in [2.45, 2.75) is 18.9 Å². The number of halogens is 2. The van der Waals surface area contributed by atoms with Crippen LogP contribution in [0.3, 0.4) is 0 Å². The van der Waals surface area contributed by atoms with Crippen LogP contribution in [-0.2, 0) is 4.79 Å². The fourth-order valence-corrected chi connectivity index (χ4v) is 2.62. The third-order valence-electron chi connectivity index (χ3n) is 2.57. The number of benzene rings is 1. The number of anilines is 1. The van der Waals surface area contributed by atoms with Crippen molar-refractivity contribution < 1.29 is 4.79 Å². The van der Waals surface area contributed by atoms with Crippen molar-refractivity contribution in [2.75, 3.05) is 11.9 Å². The van der Waals surface area contributed by atoms with Gasteiger partial charge in [-0.1, -0.05) is 11.6 Å². The largest absolute Gasteiger partial charge is 0.323 e. The maximum absolute atomic E-state index is 11.8. The lowest BCUT2D eigenvalue weighted by Gasteiger charge is -2.12. The molecule has 0 spiro atoms. The summed E-state index contributed by atoms with van der Waals surface area (Å²) in [5.74, 6) is 0.000563. The molecule has 0 aromatic heterocycles. The van der Waals surface area contributed by atoms with Crippen LogP contribution in [0.2, 0.25) is 5.02 Å². The Balaban J connectivity index is 2.05. The Labute approximate surface area is 113 Å².